The van der Waals surface area contributed by atoms with Crippen LogP contribution in [0.5, 0.6) is 0 Å². The second kappa shape index (κ2) is 9.11. The van der Waals surface area contributed by atoms with Gasteiger partial charge in [-0.15, -0.1) is 0 Å². The Labute approximate surface area is 181 Å². The van der Waals surface area contributed by atoms with Crippen molar-refractivity contribution in [2.24, 2.45) is 10.7 Å². The molecule has 1 aromatic heterocycles. The number of fused-ring (bicyclic) bond motifs is 1. The van der Waals surface area contributed by atoms with E-state index in [4.69, 9.17) is 5.73 Å². The van der Waals surface area contributed by atoms with Crippen molar-refractivity contribution >= 4 is 29.6 Å². The molecule has 3 rings (SSSR count). The number of nitrogens with two attached hydrogens (primary N) is 1. The normalized spacial score (nSPS) is 14.5. The number of likely N-dealkylation sites (N-methyl/N-ethyl adjacent to an activating group) is 1. The van der Waals surface area contributed by atoms with E-state index in [1.54, 1.807) is 23.2 Å². The molecule has 2 heterocycles. The highest BCUT2D eigenvalue weighted by atomic mass is 19.1. The Bertz CT molecular complexity index is 1020. The third-order valence-corrected chi connectivity index (χ3v) is 5.11. The lowest BCUT2D eigenvalue weighted by molar-refractivity contribution is -0.115. The van der Waals surface area contributed by atoms with Gasteiger partial charge >= 0.3 is 0 Å². The molecule has 0 aliphatic carbocycles. The van der Waals surface area contributed by atoms with Crippen LogP contribution >= 0.6 is 0 Å². The lowest BCUT2D eigenvalue weighted by atomic mass is 9.85. The first-order chi connectivity index (χ1) is 14.7. The molecule has 1 amide bonds. The molecule has 4 N–H and O–H groups in total. The SMILES string of the molecule is Cc1nc(NC/C(C=NCC(C)(C)c2ccc(F)cc2)=C/N)nc2c1NC(=O)CN2C. The molecule has 1 aromatic carbocycles. The van der Waals surface area contributed by atoms with Crippen molar-refractivity contribution in [3.05, 3.63) is 53.1 Å². The molecule has 0 spiro atoms. The number of hydrogen-bond donors (Lipinski definition) is 3. The molecule has 1 aliphatic rings. The van der Waals surface area contributed by atoms with Crippen LogP contribution < -0.4 is 21.3 Å². The highest BCUT2D eigenvalue weighted by Crippen LogP contribution is 2.29. The Hall–Kier alpha value is -3.49. The predicted octanol–water partition coefficient (Wildman–Crippen LogP) is 2.62. The Kier molecular flexibility index (Phi) is 6.53. The molecule has 0 saturated carbocycles. The number of rotatable bonds is 7. The number of halogens is 1. The Balaban J connectivity index is 1.63. The molecule has 0 saturated heterocycles. The van der Waals surface area contributed by atoms with Crippen molar-refractivity contribution in [1.29, 1.82) is 0 Å². The first kappa shape index (κ1) is 22.2. The fourth-order valence-corrected chi connectivity index (χ4v) is 3.24. The number of anilines is 3. The van der Waals surface area contributed by atoms with Crippen LogP contribution in [-0.2, 0) is 10.2 Å². The maximum atomic E-state index is 13.2. The number of aliphatic imine (C=N–C) groups is 1. The molecule has 31 heavy (non-hydrogen) atoms. The summed E-state index contributed by atoms with van der Waals surface area (Å²) in [5.41, 5.74) is 8.61. The molecular weight excluding hydrogens is 397 g/mol. The summed E-state index contributed by atoms with van der Waals surface area (Å²) in [6.45, 7) is 7.10. The minimum absolute atomic E-state index is 0.0875. The minimum Gasteiger partial charge on any atom is -0.404 e. The number of aromatic nitrogens is 2. The highest BCUT2D eigenvalue weighted by molar-refractivity contribution is 6.00. The van der Waals surface area contributed by atoms with Gasteiger partial charge in [0.25, 0.3) is 0 Å². The van der Waals surface area contributed by atoms with Gasteiger partial charge in [0.2, 0.25) is 11.9 Å². The minimum atomic E-state index is -0.254. The van der Waals surface area contributed by atoms with Gasteiger partial charge in [0.1, 0.15) is 11.5 Å². The van der Waals surface area contributed by atoms with E-state index in [1.807, 2.05) is 14.0 Å². The maximum Gasteiger partial charge on any atom is 0.244 e. The average molecular weight is 426 g/mol. The summed E-state index contributed by atoms with van der Waals surface area (Å²) < 4.78 is 13.2. The number of carbonyl (C=O) groups excluding carboxylic acids is 1. The first-order valence-corrected chi connectivity index (χ1v) is 10.00. The van der Waals surface area contributed by atoms with E-state index in [9.17, 15) is 9.18 Å². The number of carbonyl (C=O) groups is 1. The molecule has 0 atom stereocenters. The fourth-order valence-electron chi connectivity index (χ4n) is 3.24. The number of nitrogens with one attached hydrogen (secondary N) is 2. The summed E-state index contributed by atoms with van der Waals surface area (Å²) in [5, 5.41) is 5.97. The van der Waals surface area contributed by atoms with Gasteiger partial charge in [-0.25, -0.2) is 9.37 Å². The molecule has 9 heteroatoms. The van der Waals surface area contributed by atoms with E-state index in [-0.39, 0.29) is 23.7 Å². The molecule has 0 bridgehead atoms. The summed E-state index contributed by atoms with van der Waals surface area (Å²) in [6, 6.07) is 6.47. The maximum absolute atomic E-state index is 13.2. The zero-order valence-corrected chi connectivity index (χ0v) is 18.2. The van der Waals surface area contributed by atoms with Gasteiger partial charge in [-0.05, 0) is 24.6 Å². The van der Waals surface area contributed by atoms with Gasteiger partial charge in [-0.3, -0.25) is 9.79 Å². The van der Waals surface area contributed by atoms with Crippen LogP contribution in [0.25, 0.3) is 0 Å². The number of amides is 1. The van der Waals surface area contributed by atoms with Crippen LogP contribution in [0.15, 0.2) is 41.0 Å². The highest BCUT2D eigenvalue weighted by Gasteiger charge is 2.24. The van der Waals surface area contributed by atoms with E-state index in [0.29, 0.717) is 36.2 Å². The molecule has 2 aromatic rings. The average Bonchev–Trinajstić information content (AvgIpc) is 2.71. The number of hydrogen-bond acceptors (Lipinski definition) is 7. The second-order valence-electron chi connectivity index (χ2n) is 8.19. The monoisotopic (exact) mass is 425 g/mol. The van der Waals surface area contributed by atoms with Crippen molar-refractivity contribution in [1.82, 2.24) is 9.97 Å². The second-order valence-corrected chi connectivity index (χ2v) is 8.19. The summed E-state index contributed by atoms with van der Waals surface area (Å²) in [5.74, 6) is 0.771. The predicted molar refractivity (Wildman–Crippen MR) is 122 cm³/mol. The first-order valence-electron chi connectivity index (χ1n) is 10.00. The van der Waals surface area contributed by atoms with Crippen molar-refractivity contribution in [2.75, 3.05) is 42.2 Å². The Morgan fingerprint density at radius 1 is 1.35 bits per heavy atom. The largest absolute Gasteiger partial charge is 0.404 e. The van der Waals surface area contributed by atoms with Crippen LogP contribution in [0.2, 0.25) is 0 Å². The third kappa shape index (κ3) is 5.36. The zero-order valence-electron chi connectivity index (χ0n) is 18.2. The van der Waals surface area contributed by atoms with Crippen molar-refractivity contribution < 1.29 is 9.18 Å². The molecule has 0 unspecified atom stereocenters. The van der Waals surface area contributed by atoms with E-state index in [1.165, 1.54) is 18.3 Å². The van der Waals surface area contributed by atoms with Gasteiger partial charge in [-0.1, -0.05) is 26.0 Å². The summed E-state index contributed by atoms with van der Waals surface area (Å²) in [6.07, 6.45) is 3.20. The van der Waals surface area contributed by atoms with Gasteiger partial charge in [0.15, 0.2) is 5.82 Å². The lowest BCUT2D eigenvalue weighted by Gasteiger charge is -2.27. The summed E-state index contributed by atoms with van der Waals surface area (Å²) in [4.78, 5) is 27.0. The fraction of sp³-hybridized carbons (Fsp3) is 0.364. The quantitative estimate of drug-likeness (QED) is 0.589. The Morgan fingerprint density at radius 3 is 2.74 bits per heavy atom. The molecule has 1 aliphatic heterocycles. The smallest absolute Gasteiger partial charge is 0.244 e. The summed E-state index contributed by atoms with van der Waals surface area (Å²) in [7, 11) is 1.81. The van der Waals surface area contributed by atoms with Crippen LogP contribution in [-0.4, -0.2) is 48.8 Å². The molecule has 8 nitrogen and oxygen atoms in total. The molecule has 0 fully saturated rings. The van der Waals surface area contributed by atoms with Gasteiger partial charge in [0.05, 0.1) is 12.2 Å². The van der Waals surface area contributed by atoms with E-state index >= 15 is 0 Å². The van der Waals surface area contributed by atoms with Crippen LogP contribution in [0.1, 0.15) is 25.1 Å². The van der Waals surface area contributed by atoms with E-state index < -0.39 is 0 Å². The lowest BCUT2D eigenvalue weighted by Crippen LogP contribution is -2.36. The van der Waals surface area contributed by atoms with Gasteiger partial charge < -0.3 is 21.3 Å². The molecule has 0 radical (unpaired) electrons. The van der Waals surface area contributed by atoms with Crippen LogP contribution in [0, 0.1) is 12.7 Å². The number of benzene rings is 1. The zero-order chi connectivity index (χ0) is 22.6. The molecule has 164 valence electrons. The number of nitrogens with zero attached hydrogens (tertiary/aromatic N) is 4. The van der Waals surface area contributed by atoms with Crippen molar-refractivity contribution in [2.45, 2.75) is 26.2 Å². The van der Waals surface area contributed by atoms with E-state index in [0.717, 1.165) is 11.1 Å². The third-order valence-electron chi connectivity index (χ3n) is 5.11. The van der Waals surface area contributed by atoms with Crippen LogP contribution in [0.4, 0.5) is 21.8 Å². The van der Waals surface area contributed by atoms with Gasteiger partial charge in [0, 0.05) is 43.5 Å². The topological polar surface area (TPSA) is 109 Å². The Morgan fingerprint density at radius 2 is 2.06 bits per heavy atom. The van der Waals surface area contributed by atoms with E-state index in [2.05, 4.69) is 39.4 Å². The van der Waals surface area contributed by atoms with Crippen molar-refractivity contribution in [3.8, 4) is 0 Å². The molecular formula is C22H28FN7O. The standard InChI is InChI=1S/C22H28FN7O/c1-14-19-20(30(4)12-18(31)28-19)29-21(27-14)26-11-15(9-24)10-25-13-22(2,3)16-5-7-17(23)8-6-16/h5-10H,11-13,24H2,1-4H3,(H,28,31)(H,26,27,29)/b15-9+,25-10?. The number of aryl methyl sites for hydroxylation is 1. The summed E-state index contributed by atoms with van der Waals surface area (Å²) >= 11 is 0. The van der Waals surface area contributed by atoms with Gasteiger partial charge in [-0.2, -0.15) is 4.98 Å². The van der Waals surface area contributed by atoms with Crippen LogP contribution in [0.3, 0.4) is 0 Å². The van der Waals surface area contributed by atoms with Crippen molar-refractivity contribution in [3.63, 3.8) is 0 Å².